The van der Waals surface area contributed by atoms with Crippen LogP contribution in [0.15, 0.2) is 12.1 Å². The van der Waals surface area contributed by atoms with E-state index in [9.17, 15) is 9.59 Å². The molecule has 1 atom stereocenters. The molecule has 18 heavy (non-hydrogen) atoms. The zero-order valence-corrected chi connectivity index (χ0v) is 11.6. The fourth-order valence-corrected chi connectivity index (χ4v) is 2.40. The van der Waals surface area contributed by atoms with Gasteiger partial charge in [-0.1, -0.05) is 34.8 Å². The second-order valence-electron chi connectivity index (χ2n) is 3.88. The Labute approximate surface area is 119 Å². The van der Waals surface area contributed by atoms with E-state index in [0.717, 1.165) is 0 Å². The van der Waals surface area contributed by atoms with Crippen LogP contribution in [-0.4, -0.2) is 24.4 Å². The van der Waals surface area contributed by atoms with Crippen molar-refractivity contribution in [3.8, 4) is 0 Å². The predicted octanol–water partition coefficient (Wildman–Crippen LogP) is 2.50. The minimum absolute atomic E-state index is 0.0558. The van der Waals surface area contributed by atoms with Gasteiger partial charge in [0, 0.05) is 0 Å². The normalized spacial score (nSPS) is 20.0. The summed E-state index contributed by atoms with van der Waals surface area (Å²) in [4.78, 5) is 24.8. The van der Waals surface area contributed by atoms with Gasteiger partial charge in [-0.15, -0.1) is 0 Å². The lowest BCUT2D eigenvalue weighted by Crippen LogP contribution is -2.57. The molecule has 0 aromatic heterocycles. The van der Waals surface area contributed by atoms with E-state index in [0.29, 0.717) is 10.7 Å². The van der Waals surface area contributed by atoms with Gasteiger partial charge in [-0.25, -0.2) is 0 Å². The first-order valence-electron chi connectivity index (χ1n) is 5.16. The van der Waals surface area contributed by atoms with Gasteiger partial charge < -0.3 is 5.32 Å². The van der Waals surface area contributed by atoms with Crippen molar-refractivity contribution in [2.45, 2.75) is 13.0 Å². The Balaban J connectivity index is 2.49. The van der Waals surface area contributed by atoms with Crippen molar-refractivity contribution in [2.24, 2.45) is 0 Å². The first kappa shape index (κ1) is 13.5. The number of nitrogens with one attached hydrogen (secondary N) is 1. The molecule has 7 heteroatoms. The molecule has 1 saturated heterocycles. The quantitative estimate of drug-likeness (QED) is 0.810. The van der Waals surface area contributed by atoms with Crippen molar-refractivity contribution in [3.05, 3.63) is 27.2 Å². The largest absolute Gasteiger partial charge is 0.345 e. The first-order valence-corrected chi connectivity index (χ1v) is 6.29. The summed E-state index contributed by atoms with van der Waals surface area (Å²) in [6.45, 7) is 1.56. The molecule has 4 nitrogen and oxygen atoms in total. The molecular formula is C11H9Cl3N2O2. The minimum atomic E-state index is -0.638. The van der Waals surface area contributed by atoms with Crippen molar-refractivity contribution in [2.75, 3.05) is 11.4 Å². The summed E-state index contributed by atoms with van der Waals surface area (Å²) in [6.07, 6.45) is 0. The number of carbonyl (C=O) groups excluding carboxylic acids is 2. The summed E-state index contributed by atoms with van der Waals surface area (Å²) in [7, 11) is 0. The Bertz CT molecular complexity index is 533. The molecule has 0 saturated carbocycles. The van der Waals surface area contributed by atoms with Crippen LogP contribution in [0, 0.1) is 0 Å². The maximum atomic E-state index is 11.9. The maximum absolute atomic E-state index is 11.9. The lowest BCUT2D eigenvalue weighted by molar-refractivity contribution is -0.130. The Morgan fingerprint density at radius 2 is 1.78 bits per heavy atom. The van der Waals surface area contributed by atoms with Gasteiger partial charge in [-0.2, -0.15) is 0 Å². The van der Waals surface area contributed by atoms with E-state index >= 15 is 0 Å². The smallest absolute Gasteiger partial charge is 0.247 e. The SMILES string of the molecule is CC1C(=O)NCC(=O)N1c1cc(Cl)c(Cl)cc1Cl. The molecule has 1 aromatic rings. The van der Waals surface area contributed by atoms with Crippen LogP contribution in [0.1, 0.15) is 6.92 Å². The number of hydrogen-bond donors (Lipinski definition) is 1. The Kier molecular flexibility index (Phi) is 3.71. The van der Waals surface area contributed by atoms with Crippen molar-refractivity contribution >= 4 is 52.3 Å². The molecule has 1 N–H and O–H groups in total. The molecule has 0 radical (unpaired) electrons. The number of anilines is 1. The van der Waals surface area contributed by atoms with Crippen LogP contribution in [0.4, 0.5) is 5.69 Å². The van der Waals surface area contributed by atoms with Crippen LogP contribution in [0.3, 0.4) is 0 Å². The molecule has 1 heterocycles. The Morgan fingerprint density at radius 1 is 1.17 bits per heavy atom. The summed E-state index contributed by atoms with van der Waals surface area (Å²) in [5, 5.41) is 3.35. The van der Waals surface area contributed by atoms with Crippen LogP contribution in [0.25, 0.3) is 0 Å². The van der Waals surface area contributed by atoms with Gasteiger partial charge in [-0.05, 0) is 19.1 Å². The molecule has 2 amide bonds. The van der Waals surface area contributed by atoms with Gasteiger partial charge >= 0.3 is 0 Å². The number of hydrogen-bond acceptors (Lipinski definition) is 2. The molecule has 1 aliphatic heterocycles. The average molecular weight is 308 g/mol. The Morgan fingerprint density at radius 3 is 2.44 bits per heavy atom. The molecule has 1 aromatic carbocycles. The molecule has 96 valence electrons. The van der Waals surface area contributed by atoms with Crippen molar-refractivity contribution in [1.82, 2.24) is 5.32 Å². The summed E-state index contributed by atoms with van der Waals surface area (Å²) in [5.74, 6) is -0.487. The molecule has 0 bridgehead atoms. The van der Waals surface area contributed by atoms with Gasteiger partial charge in [0.15, 0.2) is 0 Å². The predicted molar refractivity (Wildman–Crippen MR) is 71.4 cm³/mol. The molecule has 0 aliphatic carbocycles. The second-order valence-corrected chi connectivity index (χ2v) is 5.10. The summed E-state index contributed by atoms with van der Waals surface area (Å²) in [6, 6.07) is 2.30. The zero-order valence-electron chi connectivity index (χ0n) is 9.34. The van der Waals surface area contributed by atoms with Crippen molar-refractivity contribution in [1.29, 1.82) is 0 Å². The van der Waals surface area contributed by atoms with Crippen LogP contribution in [0.5, 0.6) is 0 Å². The molecule has 2 rings (SSSR count). The van der Waals surface area contributed by atoms with E-state index in [4.69, 9.17) is 34.8 Å². The highest BCUT2D eigenvalue weighted by Crippen LogP contribution is 2.35. The highest BCUT2D eigenvalue weighted by molar-refractivity contribution is 6.44. The van der Waals surface area contributed by atoms with E-state index in [1.165, 1.54) is 17.0 Å². The molecule has 1 fully saturated rings. The fourth-order valence-electron chi connectivity index (χ4n) is 1.77. The molecule has 1 aliphatic rings. The number of nitrogens with zero attached hydrogens (tertiary/aromatic N) is 1. The maximum Gasteiger partial charge on any atom is 0.247 e. The van der Waals surface area contributed by atoms with Gasteiger partial charge in [-0.3, -0.25) is 14.5 Å². The van der Waals surface area contributed by atoms with Crippen LogP contribution in [0.2, 0.25) is 15.1 Å². The molecule has 0 spiro atoms. The summed E-state index contributed by atoms with van der Waals surface area (Å²) < 4.78 is 0. The standard InChI is InChI=1S/C11H9Cl3N2O2/c1-5-11(18)15-4-10(17)16(5)9-3-7(13)6(12)2-8(9)14/h2-3,5H,4H2,1H3,(H,15,18). The lowest BCUT2D eigenvalue weighted by atomic mass is 10.1. The first-order chi connectivity index (χ1) is 8.41. The van der Waals surface area contributed by atoms with E-state index < -0.39 is 6.04 Å². The third-order valence-corrected chi connectivity index (χ3v) is 3.72. The van der Waals surface area contributed by atoms with E-state index in [-0.39, 0.29) is 28.4 Å². The van der Waals surface area contributed by atoms with E-state index in [2.05, 4.69) is 5.32 Å². The molecular weight excluding hydrogens is 298 g/mol. The number of benzene rings is 1. The highest BCUT2D eigenvalue weighted by Gasteiger charge is 2.33. The number of rotatable bonds is 1. The van der Waals surface area contributed by atoms with E-state index in [1.807, 2.05) is 0 Å². The van der Waals surface area contributed by atoms with Crippen LogP contribution >= 0.6 is 34.8 Å². The zero-order chi connectivity index (χ0) is 13.4. The van der Waals surface area contributed by atoms with Crippen molar-refractivity contribution < 1.29 is 9.59 Å². The highest BCUT2D eigenvalue weighted by atomic mass is 35.5. The lowest BCUT2D eigenvalue weighted by Gasteiger charge is -2.33. The van der Waals surface area contributed by atoms with Gasteiger partial charge in [0.2, 0.25) is 11.8 Å². The van der Waals surface area contributed by atoms with Crippen molar-refractivity contribution in [3.63, 3.8) is 0 Å². The van der Waals surface area contributed by atoms with Gasteiger partial charge in [0.05, 0.1) is 27.3 Å². The summed E-state index contributed by atoms with van der Waals surface area (Å²) in [5.41, 5.74) is 0.387. The minimum Gasteiger partial charge on any atom is -0.345 e. The number of halogens is 3. The number of amides is 2. The average Bonchev–Trinajstić information content (AvgIpc) is 2.31. The third-order valence-electron chi connectivity index (χ3n) is 2.70. The Hall–Kier alpha value is -0.970. The second kappa shape index (κ2) is 4.96. The fraction of sp³-hybridized carbons (Fsp3) is 0.273. The molecule has 1 unspecified atom stereocenters. The number of piperazine rings is 1. The monoisotopic (exact) mass is 306 g/mol. The van der Waals surface area contributed by atoms with Crippen LogP contribution < -0.4 is 10.2 Å². The van der Waals surface area contributed by atoms with E-state index in [1.54, 1.807) is 6.92 Å². The third kappa shape index (κ3) is 2.28. The van der Waals surface area contributed by atoms with Gasteiger partial charge in [0.1, 0.15) is 6.04 Å². The number of carbonyl (C=O) groups is 2. The van der Waals surface area contributed by atoms with Crippen LogP contribution in [-0.2, 0) is 9.59 Å². The van der Waals surface area contributed by atoms with Gasteiger partial charge in [0.25, 0.3) is 0 Å². The topological polar surface area (TPSA) is 49.4 Å². The summed E-state index contributed by atoms with van der Waals surface area (Å²) >= 11 is 17.8.